The molecule has 0 spiro atoms. The Hall–Kier alpha value is -2.19. The van der Waals surface area contributed by atoms with Crippen molar-refractivity contribution in [1.82, 2.24) is 4.72 Å². The number of allylic oxidation sites excluding steroid dienone is 1. The van der Waals surface area contributed by atoms with E-state index >= 15 is 0 Å². The molecule has 1 N–H and O–H groups in total. The number of amides is 2. The lowest BCUT2D eigenvalue weighted by Crippen LogP contribution is -2.30. The average Bonchev–Trinajstić information content (AvgIpc) is 2.98. The molecule has 26 heavy (non-hydrogen) atoms. The minimum Gasteiger partial charge on any atom is -0.495 e. The predicted molar refractivity (Wildman–Crippen MR) is 96.5 cm³/mol. The normalized spacial score (nSPS) is 18.2. The monoisotopic (exact) mass is 378 g/mol. The first-order valence-electron chi connectivity index (χ1n) is 8.64. The van der Waals surface area contributed by atoms with Gasteiger partial charge in [0.05, 0.1) is 17.7 Å². The number of rotatable bonds is 6. The van der Waals surface area contributed by atoms with E-state index in [2.05, 4.69) is 10.8 Å². The number of carbonyl (C=O) groups excluding carboxylic acids is 2. The zero-order valence-corrected chi connectivity index (χ0v) is 15.5. The molecule has 0 unspecified atom stereocenters. The Balaban J connectivity index is 1.87. The van der Waals surface area contributed by atoms with Gasteiger partial charge in [0.15, 0.2) is 0 Å². The van der Waals surface area contributed by atoms with Crippen LogP contribution in [0.2, 0.25) is 0 Å². The average molecular weight is 378 g/mol. The van der Waals surface area contributed by atoms with E-state index in [4.69, 9.17) is 4.74 Å². The van der Waals surface area contributed by atoms with E-state index in [0.717, 1.165) is 36.2 Å². The van der Waals surface area contributed by atoms with Crippen molar-refractivity contribution in [2.75, 3.05) is 18.6 Å². The van der Waals surface area contributed by atoms with Gasteiger partial charge in [-0.25, -0.2) is 18.0 Å². The number of hydrogen-bond acceptors (Lipinski definition) is 5. The lowest BCUT2D eigenvalue weighted by atomic mass is 10.0. The molecule has 2 aliphatic rings. The van der Waals surface area contributed by atoms with Crippen molar-refractivity contribution < 1.29 is 22.7 Å². The zero-order chi connectivity index (χ0) is 18.7. The number of nitrogens with one attached hydrogen (secondary N) is 1. The molecule has 2 amide bonds. The molecule has 8 heteroatoms. The van der Waals surface area contributed by atoms with Gasteiger partial charge in [0.1, 0.15) is 5.75 Å². The van der Waals surface area contributed by atoms with E-state index < -0.39 is 10.0 Å². The maximum atomic E-state index is 12.6. The summed E-state index contributed by atoms with van der Waals surface area (Å²) in [5, 5.41) is 0. The predicted octanol–water partition coefficient (Wildman–Crippen LogP) is 2.13. The zero-order valence-electron chi connectivity index (χ0n) is 14.7. The van der Waals surface area contributed by atoms with E-state index in [0.29, 0.717) is 0 Å². The van der Waals surface area contributed by atoms with Gasteiger partial charge >= 0.3 is 0 Å². The van der Waals surface area contributed by atoms with Crippen LogP contribution in [0.15, 0.2) is 34.7 Å². The molecule has 0 radical (unpaired) electrons. The second kappa shape index (κ2) is 7.59. The molecule has 0 aromatic heterocycles. The largest absolute Gasteiger partial charge is 0.495 e. The lowest BCUT2D eigenvalue weighted by Gasteiger charge is -2.19. The molecular weight excluding hydrogens is 356 g/mol. The molecule has 0 bridgehead atoms. The highest BCUT2D eigenvalue weighted by Gasteiger charge is 2.33. The smallest absolute Gasteiger partial charge is 0.240 e. The van der Waals surface area contributed by atoms with Gasteiger partial charge in [-0.15, -0.1) is 0 Å². The molecular formula is C18H22N2O5S. The minimum absolute atomic E-state index is 0.00258. The van der Waals surface area contributed by atoms with Crippen LogP contribution >= 0.6 is 0 Å². The third-order valence-corrected chi connectivity index (χ3v) is 6.03. The summed E-state index contributed by atoms with van der Waals surface area (Å²) >= 11 is 0. The third kappa shape index (κ3) is 3.81. The van der Waals surface area contributed by atoms with Gasteiger partial charge in [-0.3, -0.25) is 9.59 Å². The van der Waals surface area contributed by atoms with Crippen molar-refractivity contribution in [1.29, 1.82) is 0 Å². The van der Waals surface area contributed by atoms with Crippen molar-refractivity contribution in [3.63, 3.8) is 0 Å². The van der Waals surface area contributed by atoms with Crippen LogP contribution in [0.25, 0.3) is 0 Å². The first kappa shape index (κ1) is 18.6. The number of ether oxygens (including phenoxy) is 1. The Bertz CT molecular complexity index is 844. The molecule has 1 aromatic carbocycles. The van der Waals surface area contributed by atoms with Crippen molar-refractivity contribution in [3.8, 4) is 5.75 Å². The number of hydrogen-bond donors (Lipinski definition) is 1. The van der Waals surface area contributed by atoms with E-state index in [1.807, 2.05) is 0 Å². The molecule has 1 fully saturated rings. The van der Waals surface area contributed by atoms with Crippen LogP contribution in [0.3, 0.4) is 0 Å². The van der Waals surface area contributed by atoms with Crippen LogP contribution < -0.4 is 14.4 Å². The Morgan fingerprint density at radius 1 is 1.12 bits per heavy atom. The third-order valence-electron chi connectivity index (χ3n) is 4.63. The van der Waals surface area contributed by atoms with Gasteiger partial charge in [0.2, 0.25) is 21.8 Å². The molecule has 0 atom stereocenters. The van der Waals surface area contributed by atoms with Gasteiger partial charge in [-0.1, -0.05) is 11.6 Å². The molecule has 1 heterocycles. The number of methoxy groups -OCH3 is 1. The molecule has 1 aromatic rings. The first-order valence-corrected chi connectivity index (χ1v) is 10.1. The Kier molecular flexibility index (Phi) is 5.43. The van der Waals surface area contributed by atoms with Crippen LogP contribution in [0.5, 0.6) is 5.75 Å². The molecule has 0 saturated carbocycles. The topological polar surface area (TPSA) is 92.8 Å². The fourth-order valence-electron chi connectivity index (χ4n) is 3.19. The maximum Gasteiger partial charge on any atom is 0.240 e. The number of anilines is 1. The molecule has 140 valence electrons. The number of imide groups is 1. The molecule has 3 rings (SSSR count). The standard InChI is InChI=1S/C18H22N2O5S/c1-25-16-8-7-14(11-15(16)20-17(21)9-10-18(20)22)26(23,24)19-12-13-5-3-2-4-6-13/h5,7-8,11,19H,2-4,6,9-10,12H2,1H3. The van der Waals surface area contributed by atoms with Crippen LogP contribution in [-0.4, -0.2) is 33.9 Å². The fourth-order valence-corrected chi connectivity index (χ4v) is 4.25. The van der Waals surface area contributed by atoms with Gasteiger partial charge in [-0.05, 0) is 43.9 Å². The Morgan fingerprint density at radius 2 is 1.85 bits per heavy atom. The van der Waals surface area contributed by atoms with E-state index in [1.165, 1.54) is 25.3 Å². The summed E-state index contributed by atoms with van der Waals surface area (Å²) in [6.45, 7) is 0.269. The number of sulfonamides is 1. The Labute approximate surface area is 153 Å². The summed E-state index contributed by atoms with van der Waals surface area (Å²) in [7, 11) is -2.36. The fraction of sp³-hybridized carbons (Fsp3) is 0.444. The van der Waals surface area contributed by atoms with Crippen LogP contribution in [0.4, 0.5) is 5.69 Å². The molecule has 1 saturated heterocycles. The summed E-state index contributed by atoms with van der Waals surface area (Å²) in [4.78, 5) is 25.0. The number of carbonyl (C=O) groups is 2. The number of benzene rings is 1. The summed E-state index contributed by atoms with van der Waals surface area (Å²) in [6.07, 6.45) is 6.38. The Morgan fingerprint density at radius 3 is 2.46 bits per heavy atom. The minimum atomic E-state index is -3.77. The summed E-state index contributed by atoms with van der Waals surface area (Å²) in [6, 6.07) is 4.19. The highest BCUT2D eigenvalue weighted by Crippen LogP contribution is 2.34. The SMILES string of the molecule is COc1ccc(S(=O)(=O)NCC2=CCCCC2)cc1N1C(=O)CCC1=O. The van der Waals surface area contributed by atoms with Gasteiger partial charge in [0, 0.05) is 19.4 Å². The van der Waals surface area contributed by atoms with Crippen LogP contribution in [0, 0.1) is 0 Å². The lowest BCUT2D eigenvalue weighted by molar-refractivity contribution is -0.121. The van der Waals surface area contributed by atoms with E-state index in [1.54, 1.807) is 0 Å². The first-order chi connectivity index (χ1) is 12.4. The van der Waals surface area contributed by atoms with Gasteiger partial charge in [-0.2, -0.15) is 0 Å². The highest BCUT2D eigenvalue weighted by molar-refractivity contribution is 7.89. The molecule has 1 aliphatic heterocycles. The maximum absolute atomic E-state index is 12.6. The summed E-state index contributed by atoms with van der Waals surface area (Å²) in [5.74, 6) is -0.436. The quantitative estimate of drug-likeness (QED) is 0.605. The van der Waals surface area contributed by atoms with Crippen LogP contribution in [-0.2, 0) is 19.6 Å². The van der Waals surface area contributed by atoms with Crippen molar-refractivity contribution in [2.45, 2.75) is 43.4 Å². The molecule has 7 nitrogen and oxygen atoms in total. The summed E-state index contributed by atoms with van der Waals surface area (Å²) < 4.78 is 33.1. The van der Waals surface area contributed by atoms with E-state index in [-0.39, 0.29) is 47.5 Å². The van der Waals surface area contributed by atoms with Gasteiger partial charge < -0.3 is 4.74 Å². The van der Waals surface area contributed by atoms with Crippen molar-refractivity contribution in [2.24, 2.45) is 0 Å². The second-order valence-corrected chi connectivity index (χ2v) is 8.16. The van der Waals surface area contributed by atoms with Gasteiger partial charge in [0.25, 0.3) is 0 Å². The van der Waals surface area contributed by atoms with Crippen molar-refractivity contribution >= 4 is 27.5 Å². The number of nitrogens with zero attached hydrogens (tertiary/aromatic N) is 1. The van der Waals surface area contributed by atoms with Crippen molar-refractivity contribution in [3.05, 3.63) is 29.8 Å². The highest BCUT2D eigenvalue weighted by atomic mass is 32.2. The summed E-state index contributed by atoms with van der Waals surface area (Å²) in [5.41, 5.74) is 1.25. The van der Waals surface area contributed by atoms with Crippen LogP contribution in [0.1, 0.15) is 38.5 Å². The molecule has 1 aliphatic carbocycles. The van der Waals surface area contributed by atoms with E-state index in [9.17, 15) is 18.0 Å². The second-order valence-electron chi connectivity index (χ2n) is 6.39.